The first-order valence-electron chi connectivity index (χ1n) is 24.0. The minimum atomic E-state index is -4.38. The van der Waals surface area contributed by atoms with E-state index in [0.717, 1.165) is 57.8 Å². The Morgan fingerprint density at radius 2 is 0.948 bits per heavy atom. The summed E-state index contributed by atoms with van der Waals surface area (Å²) in [5, 5.41) is 0. The van der Waals surface area contributed by atoms with Crippen molar-refractivity contribution in [2.24, 2.45) is 5.73 Å². The Morgan fingerprint density at radius 1 is 0.534 bits per heavy atom. The van der Waals surface area contributed by atoms with E-state index in [1.807, 2.05) is 0 Å². The summed E-state index contributed by atoms with van der Waals surface area (Å²) in [7, 11) is -4.38. The summed E-state index contributed by atoms with van der Waals surface area (Å²) in [6.45, 7) is 3.61. The molecule has 0 aliphatic rings. The van der Waals surface area contributed by atoms with Crippen molar-refractivity contribution >= 4 is 19.8 Å². The molecule has 0 aromatic heterocycles. The fraction of sp³-hybridized carbons (Fsp3) is 0.833. The van der Waals surface area contributed by atoms with Crippen molar-refractivity contribution in [3.05, 3.63) is 36.5 Å². The molecule has 9 nitrogen and oxygen atoms in total. The highest BCUT2D eigenvalue weighted by Gasteiger charge is 2.26. The molecular weight excluding hydrogens is 750 g/mol. The van der Waals surface area contributed by atoms with Gasteiger partial charge in [0.1, 0.15) is 6.61 Å². The van der Waals surface area contributed by atoms with Crippen molar-refractivity contribution in [1.29, 1.82) is 0 Å². The molecule has 10 heteroatoms. The normalized spacial score (nSPS) is 13.5. The van der Waals surface area contributed by atoms with Gasteiger partial charge in [-0.1, -0.05) is 204 Å². The lowest BCUT2D eigenvalue weighted by Crippen LogP contribution is -2.29. The number of unbranched alkanes of at least 4 members (excludes halogenated alkanes) is 26. The predicted molar refractivity (Wildman–Crippen MR) is 243 cm³/mol. The molecule has 0 rings (SSSR count). The van der Waals surface area contributed by atoms with Crippen LogP contribution in [0.2, 0.25) is 0 Å². The van der Waals surface area contributed by atoms with Gasteiger partial charge in [-0.2, -0.15) is 0 Å². The number of ether oxygens (including phenoxy) is 2. The molecule has 0 aromatic rings. The van der Waals surface area contributed by atoms with E-state index >= 15 is 0 Å². The Hall–Kier alpha value is -1.77. The molecule has 0 aliphatic heterocycles. The second kappa shape index (κ2) is 44.8. The fourth-order valence-corrected chi connectivity index (χ4v) is 7.53. The summed E-state index contributed by atoms with van der Waals surface area (Å²) in [5.41, 5.74) is 5.35. The van der Waals surface area contributed by atoms with E-state index in [2.05, 4.69) is 50.3 Å². The van der Waals surface area contributed by atoms with Crippen molar-refractivity contribution in [2.75, 3.05) is 26.4 Å². The maximum Gasteiger partial charge on any atom is 0.472 e. The summed E-state index contributed by atoms with van der Waals surface area (Å²) in [5.74, 6) is -0.855. The van der Waals surface area contributed by atoms with Gasteiger partial charge >= 0.3 is 19.8 Å². The van der Waals surface area contributed by atoms with E-state index in [9.17, 15) is 19.0 Å². The minimum Gasteiger partial charge on any atom is -0.462 e. The van der Waals surface area contributed by atoms with Crippen LogP contribution in [0.3, 0.4) is 0 Å². The molecule has 0 saturated carbocycles. The van der Waals surface area contributed by atoms with Crippen molar-refractivity contribution in [2.45, 2.75) is 232 Å². The van der Waals surface area contributed by atoms with Crippen LogP contribution in [0.5, 0.6) is 0 Å². The van der Waals surface area contributed by atoms with Crippen LogP contribution < -0.4 is 5.73 Å². The summed E-state index contributed by atoms with van der Waals surface area (Å²) in [4.78, 5) is 34.9. The Morgan fingerprint density at radius 3 is 1.41 bits per heavy atom. The summed E-state index contributed by atoms with van der Waals surface area (Å²) in [6.07, 6.45) is 50.6. The van der Waals surface area contributed by atoms with Gasteiger partial charge in [0, 0.05) is 19.4 Å². The van der Waals surface area contributed by atoms with Crippen LogP contribution in [0.25, 0.3) is 0 Å². The van der Waals surface area contributed by atoms with Gasteiger partial charge in [-0.05, 0) is 44.9 Å². The molecule has 0 radical (unpaired) electrons. The zero-order valence-corrected chi connectivity index (χ0v) is 38.4. The maximum atomic E-state index is 12.6. The first-order chi connectivity index (χ1) is 28.3. The molecule has 0 aliphatic carbocycles. The Kier molecular flexibility index (Phi) is 43.4. The average molecular weight is 840 g/mol. The SMILES string of the molecule is CC/C=C\C/C=C\C/C=C\CCCCCC(=O)OC(COC(=O)CCCCCCCCCCCCCCCCCCCCCCCCCC)COP(=O)(O)OCCN. The third-order valence-corrected chi connectivity index (χ3v) is 11.3. The van der Waals surface area contributed by atoms with Gasteiger partial charge < -0.3 is 20.1 Å². The zero-order chi connectivity index (χ0) is 42.5. The molecule has 0 heterocycles. The summed E-state index contributed by atoms with van der Waals surface area (Å²) >= 11 is 0. The molecule has 3 N–H and O–H groups in total. The second-order valence-corrected chi connectivity index (χ2v) is 17.4. The van der Waals surface area contributed by atoms with Crippen molar-refractivity contribution < 1.29 is 37.6 Å². The van der Waals surface area contributed by atoms with Gasteiger partial charge in [0.2, 0.25) is 0 Å². The molecule has 340 valence electrons. The van der Waals surface area contributed by atoms with Gasteiger partial charge in [0.15, 0.2) is 6.10 Å². The molecule has 0 bridgehead atoms. The minimum absolute atomic E-state index is 0.0489. The number of nitrogens with two attached hydrogens (primary N) is 1. The highest BCUT2D eigenvalue weighted by Crippen LogP contribution is 2.43. The number of hydrogen-bond donors (Lipinski definition) is 2. The van der Waals surface area contributed by atoms with Gasteiger partial charge in [-0.3, -0.25) is 18.6 Å². The molecule has 0 saturated heterocycles. The molecule has 58 heavy (non-hydrogen) atoms. The monoisotopic (exact) mass is 840 g/mol. The fourth-order valence-electron chi connectivity index (χ4n) is 6.77. The number of rotatable bonds is 45. The largest absolute Gasteiger partial charge is 0.472 e. The molecular formula is C48H90NO8P. The third-order valence-electron chi connectivity index (χ3n) is 10.3. The molecule has 0 spiro atoms. The van der Waals surface area contributed by atoms with Crippen molar-refractivity contribution in [3.8, 4) is 0 Å². The van der Waals surface area contributed by atoms with E-state index in [4.69, 9.17) is 24.3 Å². The van der Waals surface area contributed by atoms with E-state index < -0.39 is 26.5 Å². The zero-order valence-electron chi connectivity index (χ0n) is 37.5. The number of allylic oxidation sites excluding steroid dienone is 6. The van der Waals surface area contributed by atoms with Crippen LogP contribution in [0.1, 0.15) is 226 Å². The lowest BCUT2D eigenvalue weighted by atomic mass is 10.0. The van der Waals surface area contributed by atoms with E-state index in [1.165, 1.54) is 135 Å². The summed E-state index contributed by atoms with van der Waals surface area (Å²) < 4.78 is 32.8. The first-order valence-corrected chi connectivity index (χ1v) is 25.5. The van der Waals surface area contributed by atoms with Crippen molar-refractivity contribution in [3.63, 3.8) is 0 Å². The van der Waals surface area contributed by atoms with Gasteiger partial charge in [-0.25, -0.2) is 4.57 Å². The number of esters is 2. The molecule has 0 amide bonds. The Balaban J connectivity index is 3.99. The van der Waals surface area contributed by atoms with Gasteiger partial charge in [0.05, 0.1) is 13.2 Å². The third kappa shape index (κ3) is 43.8. The van der Waals surface area contributed by atoms with Crippen molar-refractivity contribution in [1.82, 2.24) is 0 Å². The quantitative estimate of drug-likeness (QED) is 0.0266. The van der Waals surface area contributed by atoms with Crippen LogP contribution >= 0.6 is 7.82 Å². The lowest BCUT2D eigenvalue weighted by molar-refractivity contribution is -0.161. The Bertz CT molecular complexity index is 1050. The topological polar surface area (TPSA) is 134 Å². The maximum absolute atomic E-state index is 12.6. The predicted octanol–water partition coefficient (Wildman–Crippen LogP) is 14.1. The summed E-state index contributed by atoms with van der Waals surface area (Å²) in [6, 6.07) is 0. The second-order valence-electron chi connectivity index (χ2n) is 16.0. The van der Waals surface area contributed by atoms with Crippen LogP contribution in [-0.4, -0.2) is 49.3 Å². The van der Waals surface area contributed by atoms with Crippen LogP contribution in [-0.2, 0) is 32.7 Å². The van der Waals surface area contributed by atoms with Crippen LogP contribution in [0.4, 0.5) is 0 Å². The standard InChI is InChI=1S/C48H90NO8P/c1-3-5-7-9-11-13-15-17-18-19-20-21-22-23-24-25-26-27-29-30-32-34-36-38-40-47(50)54-44-46(45-56-58(52,53)55-43-42-49)57-48(51)41-39-37-35-33-31-28-16-14-12-10-8-6-4-2/h6,8,12,14,28,31,46H,3-5,7,9-11,13,15-27,29-30,32-45,49H2,1-2H3,(H,52,53)/b8-6-,14-12-,31-28-. The van der Waals surface area contributed by atoms with Crippen LogP contribution in [0, 0.1) is 0 Å². The number of carbonyl (C=O) groups is 2. The smallest absolute Gasteiger partial charge is 0.462 e. The molecule has 0 fully saturated rings. The number of hydrogen-bond acceptors (Lipinski definition) is 8. The van der Waals surface area contributed by atoms with E-state index in [-0.39, 0.29) is 38.6 Å². The van der Waals surface area contributed by atoms with E-state index in [1.54, 1.807) is 0 Å². The first kappa shape index (κ1) is 56.2. The average Bonchev–Trinajstić information content (AvgIpc) is 3.21. The molecule has 0 aromatic carbocycles. The van der Waals surface area contributed by atoms with Gasteiger partial charge in [-0.15, -0.1) is 0 Å². The van der Waals surface area contributed by atoms with Crippen LogP contribution in [0.15, 0.2) is 36.5 Å². The number of phosphoric acid groups is 1. The highest BCUT2D eigenvalue weighted by molar-refractivity contribution is 7.47. The number of carbonyl (C=O) groups excluding carboxylic acids is 2. The van der Waals surface area contributed by atoms with Gasteiger partial charge in [0.25, 0.3) is 0 Å². The molecule has 2 atom stereocenters. The molecule has 2 unspecified atom stereocenters. The lowest BCUT2D eigenvalue weighted by Gasteiger charge is -2.19. The number of phosphoric ester groups is 1. The van der Waals surface area contributed by atoms with E-state index in [0.29, 0.717) is 6.42 Å². The Labute approximate surface area is 356 Å². The highest BCUT2D eigenvalue weighted by atomic mass is 31.2.